The van der Waals surface area contributed by atoms with Gasteiger partial charge in [-0.2, -0.15) is 0 Å². The predicted octanol–water partition coefficient (Wildman–Crippen LogP) is 4.79. The predicted molar refractivity (Wildman–Crippen MR) is 407 cm³/mol. The molecule has 4 aliphatic rings. The van der Waals surface area contributed by atoms with Gasteiger partial charge in [-0.25, -0.2) is 14.4 Å². The molecule has 3 aromatic carbocycles. The molecule has 1 saturated heterocycles. The second-order valence-electron chi connectivity index (χ2n) is 31.3. The van der Waals surface area contributed by atoms with Crippen LogP contribution < -0.4 is 37.2 Å². The number of rotatable bonds is 41. The monoisotopic (exact) mass is 1580 g/mol. The van der Waals surface area contributed by atoms with Gasteiger partial charge in [0.25, 0.3) is 0 Å². The summed E-state index contributed by atoms with van der Waals surface area (Å²) in [5.74, 6) is -11.6. The van der Waals surface area contributed by atoms with E-state index in [0.29, 0.717) is 51.4 Å². The molecule has 31 nitrogen and oxygen atoms in total. The van der Waals surface area contributed by atoms with Gasteiger partial charge in [0.2, 0.25) is 41.5 Å². The number of alkyl carbamates (subject to hydrolysis) is 1. The zero-order valence-corrected chi connectivity index (χ0v) is 66.7. The maximum Gasteiger partial charge on any atom is 0.408 e. The Morgan fingerprint density at radius 2 is 1.27 bits per heavy atom. The molecule has 113 heavy (non-hydrogen) atoms. The van der Waals surface area contributed by atoms with E-state index in [1.165, 1.54) is 32.9 Å². The highest BCUT2D eigenvalue weighted by Crippen LogP contribution is 2.63. The first kappa shape index (κ1) is 90.7. The van der Waals surface area contributed by atoms with Gasteiger partial charge in [-0.1, -0.05) is 107 Å². The van der Waals surface area contributed by atoms with E-state index in [0.717, 1.165) is 0 Å². The number of carbonyl (C=O) groups is 13. The van der Waals surface area contributed by atoms with Crippen molar-refractivity contribution in [3.63, 3.8) is 0 Å². The van der Waals surface area contributed by atoms with Crippen molar-refractivity contribution in [2.75, 3.05) is 66.4 Å². The number of Topliss-reactive ketones (excluding diaryl/α,β-unsaturated/α-hetero) is 2. The Morgan fingerprint density at radius 1 is 0.655 bits per heavy atom. The van der Waals surface area contributed by atoms with E-state index < -0.39 is 179 Å². The molecule has 2 bridgehead atoms. The van der Waals surface area contributed by atoms with Crippen LogP contribution in [0.4, 0.5) is 4.79 Å². The zero-order valence-electron chi connectivity index (χ0n) is 66.7. The summed E-state index contributed by atoms with van der Waals surface area (Å²) >= 11 is 0. The minimum atomic E-state index is -2.04. The third-order valence-corrected chi connectivity index (χ3v) is 20.9. The van der Waals surface area contributed by atoms with Gasteiger partial charge in [0.15, 0.2) is 17.2 Å². The first-order chi connectivity index (χ1) is 53.5. The van der Waals surface area contributed by atoms with Gasteiger partial charge >= 0.3 is 30.0 Å². The fraction of sp³-hybridized carbons (Fsp3) is 0.598. The van der Waals surface area contributed by atoms with E-state index in [1.807, 2.05) is 0 Å². The van der Waals surface area contributed by atoms with Crippen LogP contribution in [0, 0.1) is 28.6 Å². The average molecular weight is 1580 g/mol. The topological polar surface area (TPSA) is 430 Å². The smallest absolute Gasteiger partial charge is 0.408 e. The lowest BCUT2D eigenvalue weighted by atomic mass is 9.46. The van der Waals surface area contributed by atoms with Crippen LogP contribution in [-0.2, 0) is 102 Å². The third-order valence-electron chi connectivity index (χ3n) is 20.9. The molecule has 7 rings (SSSR count). The third kappa shape index (κ3) is 25.2. The number of aliphatic hydroxyl groups excluding tert-OH is 2. The van der Waals surface area contributed by atoms with Crippen molar-refractivity contribution in [3.05, 3.63) is 119 Å². The maximum absolute atomic E-state index is 15.4. The van der Waals surface area contributed by atoms with E-state index >= 15 is 9.59 Å². The first-order valence-corrected chi connectivity index (χ1v) is 38.5. The van der Waals surface area contributed by atoms with Gasteiger partial charge in [-0.15, -0.1) is 0 Å². The minimum Gasteiger partial charge on any atom is -0.458 e. The van der Waals surface area contributed by atoms with Crippen molar-refractivity contribution in [1.82, 2.24) is 37.2 Å². The number of amides is 7. The summed E-state index contributed by atoms with van der Waals surface area (Å²) in [6.45, 7) is 18.1. The van der Waals surface area contributed by atoms with Crippen LogP contribution >= 0.6 is 0 Å². The molecule has 0 aromatic heterocycles. The molecule has 1 aliphatic heterocycles. The number of esters is 4. The molecule has 3 aromatic rings. The van der Waals surface area contributed by atoms with Crippen LogP contribution in [0.1, 0.15) is 168 Å². The number of hydrogen-bond acceptors (Lipinski definition) is 24. The number of unbranched alkanes of at least 4 members (excludes halogenated alkanes) is 1. The van der Waals surface area contributed by atoms with Gasteiger partial charge in [-0.3, -0.25) is 47.9 Å². The molecule has 0 radical (unpaired) electrons. The van der Waals surface area contributed by atoms with E-state index in [4.69, 9.17) is 42.6 Å². The fourth-order valence-electron chi connectivity index (χ4n) is 15.2. The fourth-order valence-corrected chi connectivity index (χ4v) is 15.2. The SMILES string of the molecule is COCCOCCOCCC(=O)NCCCCC(NC(=O)CNC(=O)C(Cc1ccccc1)NC(=O)C(CC(C)C)NC(=O)CNC(=O)CCCC(=O)O[C@@H](C(=O)O[C@H]1C[C@H]2[C@@H](OC(=O)c3ccccc3)[C@@H]3[C@]4(OC(C)=O)CO[C@@H]4C[C@H](O)[C@@]3(C)C(=O)C(O)C(=C1C)C2(C)C)[C@@H](NC(=O)OC(C)(C)C)c1ccccc1)C(C)=O. The van der Waals surface area contributed by atoms with Crippen LogP contribution in [0.25, 0.3) is 0 Å². The van der Waals surface area contributed by atoms with E-state index in [-0.39, 0.29) is 104 Å². The number of carbonyl (C=O) groups excluding carboxylic acids is 13. The quantitative estimate of drug-likeness (QED) is 0.0160. The molecule has 3 aliphatic carbocycles. The molecule has 2 saturated carbocycles. The summed E-state index contributed by atoms with van der Waals surface area (Å²) in [5, 5.41) is 43.3. The van der Waals surface area contributed by atoms with Crippen LogP contribution in [0.5, 0.6) is 0 Å². The van der Waals surface area contributed by atoms with Crippen LogP contribution in [0.2, 0.25) is 0 Å². The Bertz CT molecular complexity index is 3830. The number of hydrogen-bond donors (Lipinski definition) is 9. The van der Waals surface area contributed by atoms with Gasteiger partial charge in [0, 0.05) is 58.6 Å². The normalized spacial score (nSPS) is 22.8. The van der Waals surface area contributed by atoms with Crippen LogP contribution in [-0.4, -0.2) is 220 Å². The van der Waals surface area contributed by atoms with E-state index in [2.05, 4.69) is 37.2 Å². The summed E-state index contributed by atoms with van der Waals surface area (Å²) < 4.78 is 52.5. The standard InChI is InChI=1S/C82H113N7O24/c1-48(2)41-57(75(101)88-58(42-52-25-16-13-17-26-52)74(100)85-46-65(96)86-56(50(4)90)31-22-23-35-83-63(94)34-36-106-39-40-107-38-37-105-12)87-64(95)45-84-62(93)32-24-33-66(97)110-71(68(53-27-18-14-19-28-53)89-78(104)113-79(6,7)8)77(103)109-59-43-55-70(111-76(102)54-29-20-15-21-30-54)72-81(11,73(99)69(98)67(49(59)3)80(55,9)10)60(92)44-61-82(72,47-108-61)112-51(5)91/h13-21,25-30,48,55-61,68-72,92,98H,22-24,31-47H2,1-12H3,(H,83,94)(H,84,93)(H,85,100)(H,86,96)(H,87,95)(H,88,101)(H,89,104)/t55-,56?,57?,58?,59-,60-,61+,68-,69?,70+,71+,72-,81+,82-/m0/s1. The summed E-state index contributed by atoms with van der Waals surface area (Å²) in [7, 11) is 1.57. The van der Waals surface area contributed by atoms with Crippen molar-refractivity contribution < 1.29 is 115 Å². The minimum absolute atomic E-state index is 0.0321. The lowest BCUT2D eigenvalue weighted by Gasteiger charge is -2.65. The molecule has 0 spiro atoms. The molecule has 4 unspecified atom stereocenters. The van der Waals surface area contributed by atoms with E-state index in [9.17, 15) is 63.0 Å². The second-order valence-corrected chi connectivity index (χ2v) is 31.3. The van der Waals surface area contributed by atoms with Crippen LogP contribution in [0.15, 0.2) is 102 Å². The maximum atomic E-state index is 15.4. The molecule has 3 fully saturated rings. The Balaban J connectivity index is 1.01. The van der Waals surface area contributed by atoms with Crippen molar-refractivity contribution in [3.8, 4) is 0 Å². The zero-order chi connectivity index (χ0) is 83.0. The molecular formula is C82H113N7O24. The van der Waals surface area contributed by atoms with Gasteiger partial charge in [0.05, 0.1) is 81.8 Å². The van der Waals surface area contributed by atoms with Crippen LogP contribution in [0.3, 0.4) is 0 Å². The van der Waals surface area contributed by atoms with Crippen molar-refractivity contribution in [2.24, 2.45) is 28.6 Å². The van der Waals surface area contributed by atoms with Crippen molar-refractivity contribution in [1.29, 1.82) is 0 Å². The molecule has 9 N–H and O–H groups in total. The Kier molecular flexibility index (Phi) is 33.7. The Morgan fingerprint density at radius 3 is 1.88 bits per heavy atom. The summed E-state index contributed by atoms with van der Waals surface area (Å²) in [6, 6.07) is 19.7. The number of methoxy groups -OCH3 is 1. The number of ether oxygens (including phenoxy) is 9. The molecule has 31 heteroatoms. The second kappa shape index (κ2) is 42.0. The summed E-state index contributed by atoms with van der Waals surface area (Å²) in [5.41, 5.74) is -4.77. The number of aliphatic hydroxyl groups is 2. The molecular weight excluding hydrogens is 1470 g/mol. The van der Waals surface area contributed by atoms with Crippen molar-refractivity contribution >= 4 is 77.0 Å². The highest BCUT2D eigenvalue weighted by Gasteiger charge is 2.75. The summed E-state index contributed by atoms with van der Waals surface area (Å²) in [4.78, 5) is 180. The van der Waals surface area contributed by atoms with E-state index in [1.54, 1.807) is 141 Å². The molecule has 7 amide bonds. The number of benzene rings is 3. The first-order valence-electron chi connectivity index (χ1n) is 38.5. The van der Waals surface area contributed by atoms with Gasteiger partial charge < -0.3 is 90.1 Å². The lowest BCUT2D eigenvalue weighted by molar-refractivity contribution is -0.335. The number of nitrogens with one attached hydrogen (secondary N) is 7. The lowest BCUT2D eigenvalue weighted by Crippen LogP contribution is -2.79. The number of fused-ring (bicyclic) bond motifs is 5. The summed E-state index contributed by atoms with van der Waals surface area (Å²) in [6.07, 6.45) is -10.5. The average Bonchev–Trinajstić information content (AvgIpc) is 0.678. The Hall–Kier alpha value is -9.53. The molecule has 1 heterocycles. The van der Waals surface area contributed by atoms with Gasteiger partial charge in [0.1, 0.15) is 48.1 Å². The largest absolute Gasteiger partial charge is 0.458 e. The Labute approximate surface area is 659 Å². The van der Waals surface area contributed by atoms with Gasteiger partial charge in [-0.05, 0) is 126 Å². The highest BCUT2D eigenvalue weighted by molar-refractivity contribution is 5.96. The van der Waals surface area contributed by atoms with Crippen molar-refractivity contribution in [2.45, 2.75) is 219 Å². The highest BCUT2D eigenvalue weighted by atomic mass is 16.6. The molecule has 14 atom stereocenters. The number of ketones is 2. The molecule has 620 valence electrons.